The van der Waals surface area contributed by atoms with Crippen molar-refractivity contribution in [3.63, 3.8) is 0 Å². The molecule has 2 heterocycles. The number of hydrogen-bond donors (Lipinski definition) is 2. The lowest BCUT2D eigenvalue weighted by molar-refractivity contribution is -0.271. The smallest absolute Gasteiger partial charge is 0.171 e. The van der Waals surface area contributed by atoms with Crippen LogP contribution in [0.5, 0.6) is 0 Å². The van der Waals surface area contributed by atoms with E-state index in [1.807, 2.05) is 0 Å². The predicted octanol–water partition coefficient (Wildman–Crippen LogP) is 4.92. The Balaban J connectivity index is 1.38. The van der Waals surface area contributed by atoms with Crippen molar-refractivity contribution < 1.29 is 19.7 Å². The fourth-order valence-electron chi connectivity index (χ4n) is 7.72. The number of allylic oxidation sites excluding steroid dienone is 3. The molecule has 172 valence electrons. The number of fused-ring (bicyclic) bond motifs is 3. The largest absolute Gasteiger partial charge is 0.393 e. The first kappa shape index (κ1) is 21.9. The van der Waals surface area contributed by atoms with Crippen molar-refractivity contribution in [2.45, 2.75) is 96.2 Å². The third-order valence-corrected chi connectivity index (χ3v) is 9.50. The van der Waals surface area contributed by atoms with Gasteiger partial charge in [-0.05, 0) is 72.8 Å². The van der Waals surface area contributed by atoms with Crippen molar-refractivity contribution in [3.05, 3.63) is 35.5 Å². The van der Waals surface area contributed by atoms with E-state index in [4.69, 9.17) is 9.47 Å². The van der Waals surface area contributed by atoms with Crippen LogP contribution in [0.15, 0.2) is 35.5 Å². The number of rotatable bonds is 1. The van der Waals surface area contributed by atoms with E-state index in [0.717, 1.165) is 37.0 Å². The van der Waals surface area contributed by atoms with E-state index >= 15 is 0 Å². The van der Waals surface area contributed by atoms with Gasteiger partial charge in [-0.3, -0.25) is 0 Å². The zero-order chi connectivity index (χ0) is 22.0. The molecule has 5 fully saturated rings. The fraction of sp³-hybridized carbons (Fsp3) is 0.778. The Kier molecular flexibility index (Phi) is 5.53. The van der Waals surface area contributed by atoms with Crippen LogP contribution in [-0.4, -0.2) is 40.9 Å². The minimum atomic E-state index is -0.625. The highest BCUT2D eigenvalue weighted by Crippen LogP contribution is 2.66. The minimum absolute atomic E-state index is 0.255. The van der Waals surface area contributed by atoms with E-state index in [2.05, 4.69) is 39.5 Å². The molecule has 2 N–H and O–H groups in total. The monoisotopic (exact) mass is 428 g/mol. The molecule has 5 aliphatic rings. The van der Waals surface area contributed by atoms with Gasteiger partial charge in [0.15, 0.2) is 5.79 Å². The van der Waals surface area contributed by atoms with Crippen molar-refractivity contribution in [2.24, 2.45) is 29.1 Å². The lowest BCUT2D eigenvalue weighted by atomic mass is 9.60. The maximum absolute atomic E-state index is 10.2. The quantitative estimate of drug-likeness (QED) is 0.623. The van der Waals surface area contributed by atoms with Gasteiger partial charge in [0.2, 0.25) is 0 Å². The van der Waals surface area contributed by atoms with Crippen LogP contribution in [0.3, 0.4) is 0 Å². The molecule has 2 saturated heterocycles. The van der Waals surface area contributed by atoms with Gasteiger partial charge >= 0.3 is 0 Å². The third-order valence-electron chi connectivity index (χ3n) is 9.50. The molecule has 4 heteroatoms. The Morgan fingerprint density at radius 3 is 2.68 bits per heavy atom. The fourth-order valence-corrected chi connectivity index (χ4v) is 7.72. The zero-order valence-corrected chi connectivity index (χ0v) is 19.5. The first-order valence-electron chi connectivity index (χ1n) is 12.5. The molecule has 0 amide bonds. The normalized spacial score (nSPS) is 52.7. The molecule has 4 nitrogen and oxygen atoms in total. The van der Waals surface area contributed by atoms with E-state index in [-0.39, 0.29) is 11.2 Å². The molecule has 5 rings (SSSR count). The molecule has 0 bridgehead atoms. The topological polar surface area (TPSA) is 58.9 Å². The lowest BCUT2D eigenvalue weighted by Crippen LogP contribution is -2.46. The van der Waals surface area contributed by atoms with Gasteiger partial charge in [-0.15, -0.1) is 0 Å². The molecule has 3 saturated carbocycles. The van der Waals surface area contributed by atoms with Crippen molar-refractivity contribution >= 4 is 0 Å². The zero-order valence-electron chi connectivity index (χ0n) is 19.5. The van der Waals surface area contributed by atoms with Crippen LogP contribution < -0.4 is 0 Å². The van der Waals surface area contributed by atoms with Gasteiger partial charge < -0.3 is 19.7 Å². The SMILES string of the molecule is C=C1/C(=C\C=C2\CCC[C@]3(C)[C@@H]4[C@H](C[C@@H]23)O[C@]2(CC[C@@H](C)CO2)[C@H]4C)C[C@@H](O)C[C@@H]1O. The Hall–Kier alpha value is -0.940. The summed E-state index contributed by atoms with van der Waals surface area (Å²) in [6.45, 7) is 12.0. The van der Waals surface area contributed by atoms with E-state index in [9.17, 15) is 10.2 Å². The van der Waals surface area contributed by atoms with Crippen molar-refractivity contribution in [1.29, 1.82) is 0 Å². The summed E-state index contributed by atoms with van der Waals surface area (Å²) in [4.78, 5) is 0. The predicted molar refractivity (Wildman–Crippen MR) is 121 cm³/mol. The number of hydrogen-bond acceptors (Lipinski definition) is 4. The standard InChI is InChI=1S/C27H40O4/c1-16-9-11-27(30-15-16)18(3)25-24(31-27)14-22-19(6-5-10-26(22,25)4)7-8-20-12-21(28)13-23(29)17(20)2/h7-8,16,18,21-25,28-29H,2,5-6,9-15H2,1,3-4H3/b19-7-,20-8-/t16-,18+,21-,22+,23+,24+,25+,26+,27-/m1/s1. The van der Waals surface area contributed by atoms with Crippen LogP contribution >= 0.6 is 0 Å². The molecule has 0 aromatic rings. The van der Waals surface area contributed by atoms with Crippen molar-refractivity contribution in [3.8, 4) is 0 Å². The summed E-state index contributed by atoms with van der Waals surface area (Å²) in [5.74, 6) is 1.80. The third kappa shape index (κ3) is 3.49. The minimum Gasteiger partial charge on any atom is -0.393 e. The first-order valence-corrected chi connectivity index (χ1v) is 12.5. The summed E-state index contributed by atoms with van der Waals surface area (Å²) in [7, 11) is 0. The highest BCUT2D eigenvalue weighted by molar-refractivity contribution is 5.39. The highest BCUT2D eigenvalue weighted by Gasteiger charge is 2.65. The van der Waals surface area contributed by atoms with Crippen LogP contribution in [-0.2, 0) is 9.47 Å². The van der Waals surface area contributed by atoms with Crippen LogP contribution in [0, 0.1) is 29.1 Å². The van der Waals surface area contributed by atoms with Crippen molar-refractivity contribution in [2.75, 3.05) is 6.61 Å². The summed E-state index contributed by atoms with van der Waals surface area (Å²) in [6.07, 6.45) is 11.5. The highest BCUT2D eigenvalue weighted by atomic mass is 16.7. The van der Waals surface area contributed by atoms with Crippen LogP contribution in [0.25, 0.3) is 0 Å². The van der Waals surface area contributed by atoms with Crippen LogP contribution in [0.4, 0.5) is 0 Å². The van der Waals surface area contributed by atoms with Crippen molar-refractivity contribution in [1.82, 2.24) is 0 Å². The lowest BCUT2D eigenvalue weighted by Gasteiger charge is -2.46. The van der Waals surface area contributed by atoms with Gasteiger partial charge in [-0.2, -0.15) is 0 Å². The molecular formula is C27H40O4. The maximum atomic E-state index is 10.2. The molecule has 9 atom stereocenters. The average molecular weight is 429 g/mol. The Morgan fingerprint density at radius 2 is 1.94 bits per heavy atom. The number of aliphatic hydroxyl groups is 2. The van der Waals surface area contributed by atoms with Gasteiger partial charge in [0, 0.05) is 18.8 Å². The molecule has 0 unspecified atom stereocenters. The summed E-state index contributed by atoms with van der Waals surface area (Å²) < 4.78 is 13.2. The van der Waals surface area contributed by atoms with E-state index in [1.165, 1.54) is 24.8 Å². The van der Waals surface area contributed by atoms with Gasteiger partial charge in [-0.1, -0.05) is 45.1 Å². The molecule has 3 aliphatic carbocycles. The number of ether oxygens (including phenoxy) is 2. The van der Waals surface area contributed by atoms with Gasteiger partial charge in [0.25, 0.3) is 0 Å². The molecule has 1 spiro atoms. The molecule has 2 aliphatic heterocycles. The summed E-state index contributed by atoms with van der Waals surface area (Å²) in [6, 6.07) is 0. The van der Waals surface area contributed by atoms with Crippen LogP contribution in [0.2, 0.25) is 0 Å². The first-order chi connectivity index (χ1) is 14.7. The number of aliphatic hydroxyl groups excluding tert-OH is 2. The maximum Gasteiger partial charge on any atom is 0.171 e. The average Bonchev–Trinajstić information content (AvgIpc) is 3.17. The van der Waals surface area contributed by atoms with E-state index in [0.29, 0.717) is 42.6 Å². The van der Waals surface area contributed by atoms with Gasteiger partial charge in [0.05, 0.1) is 24.9 Å². The Bertz CT molecular complexity index is 789. The van der Waals surface area contributed by atoms with Crippen LogP contribution in [0.1, 0.15) is 72.1 Å². The molecule has 31 heavy (non-hydrogen) atoms. The van der Waals surface area contributed by atoms with Gasteiger partial charge in [-0.25, -0.2) is 0 Å². The van der Waals surface area contributed by atoms with E-state index < -0.39 is 12.2 Å². The summed E-state index contributed by atoms with van der Waals surface area (Å²) >= 11 is 0. The second kappa shape index (κ2) is 7.83. The molecule has 0 radical (unpaired) electrons. The van der Waals surface area contributed by atoms with E-state index in [1.54, 1.807) is 0 Å². The molecular weight excluding hydrogens is 388 g/mol. The molecule has 0 aromatic heterocycles. The molecule has 0 aromatic carbocycles. The van der Waals surface area contributed by atoms with Gasteiger partial charge in [0.1, 0.15) is 0 Å². The summed E-state index contributed by atoms with van der Waals surface area (Å²) in [5.41, 5.74) is 3.54. The second-order valence-electron chi connectivity index (χ2n) is 11.5. The Morgan fingerprint density at radius 1 is 1.13 bits per heavy atom. The Labute approximate surface area is 187 Å². The summed E-state index contributed by atoms with van der Waals surface area (Å²) in [5, 5.41) is 20.3. The second-order valence-corrected chi connectivity index (χ2v) is 11.5.